The first-order chi connectivity index (χ1) is 8.65. The minimum Gasteiger partial charge on any atom is -0.497 e. The lowest BCUT2D eigenvalue weighted by atomic mass is 9.96. The van der Waals surface area contributed by atoms with Crippen LogP contribution in [-0.4, -0.2) is 17.9 Å². The van der Waals surface area contributed by atoms with E-state index in [9.17, 15) is 0 Å². The lowest BCUT2D eigenvalue weighted by Crippen LogP contribution is -2.29. The van der Waals surface area contributed by atoms with Crippen LogP contribution >= 0.6 is 11.8 Å². The van der Waals surface area contributed by atoms with E-state index in [-0.39, 0.29) is 5.23 Å². The van der Waals surface area contributed by atoms with Gasteiger partial charge in [-0.05, 0) is 17.7 Å². The number of thioether (sulfide) groups is 1. The molecule has 2 rings (SSSR count). The van der Waals surface area contributed by atoms with Crippen LogP contribution in [0.4, 0.5) is 0 Å². The molecule has 0 saturated carbocycles. The lowest BCUT2D eigenvalue weighted by Gasteiger charge is -2.18. The third-order valence-electron chi connectivity index (χ3n) is 2.60. The number of nitrogens with one attached hydrogen (secondary N) is 1. The fourth-order valence-electron chi connectivity index (χ4n) is 1.68. The predicted molar refractivity (Wildman–Crippen MR) is 66.1 cm³/mol. The van der Waals surface area contributed by atoms with Gasteiger partial charge in [-0.15, -0.1) is 0 Å². The van der Waals surface area contributed by atoms with Crippen LogP contribution in [0.3, 0.4) is 0 Å². The van der Waals surface area contributed by atoms with Gasteiger partial charge in [0.25, 0.3) is 5.60 Å². The van der Waals surface area contributed by atoms with Gasteiger partial charge in [0.1, 0.15) is 23.1 Å². The second-order valence-corrected chi connectivity index (χ2v) is 4.70. The number of hydrogen-bond donors (Lipinski definition) is 1. The van der Waals surface area contributed by atoms with E-state index in [2.05, 4.69) is 0 Å². The average molecular weight is 259 g/mol. The number of ether oxygens (including phenoxy) is 2. The van der Waals surface area contributed by atoms with Crippen LogP contribution in [0.15, 0.2) is 24.3 Å². The normalized spacial score (nSPS) is 20.6. The predicted octanol–water partition coefficient (Wildman–Crippen LogP) is 2.22. The van der Waals surface area contributed by atoms with E-state index in [0.29, 0.717) is 5.75 Å². The maximum absolute atomic E-state index is 9.13. The molecule has 5 nitrogen and oxygen atoms in total. The van der Waals surface area contributed by atoms with Crippen molar-refractivity contribution in [2.75, 3.05) is 7.11 Å². The SMILES string of the molecule is COc1ccc(C2SC(=N)OC2(C#N)C#N)cc1. The molecule has 1 fully saturated rings. The van der Waals surface area contributed by atoms with Crippen molar-refractivity contribution < 1.29 is 9.47 Å². The Morgan fingerprint density at radius 1 is 1.33 bits per heavy atom. The fourth-order valence-corrected chi connectivity index (χ4v) is 2.69. The van der Waals surface area contributed by atoms with Crippen molar-refractivity contribution in [3.05, 3.63) is 29.8 Å². The topological polar surface area (TPSA) is 89.9 Å². The molecule has 0 radical (unpaired) electrons. The summed E-state index contributed by atoms with van der Waals surface area (Å²) in [4.78, 5) is 0. The number of benzene rings is 1. The second kappa shape index (κ2) is 4.59. The van der Waals surface area contributed by atoms with Gasteiger partial charge in [0.05, 0.1) is 7.11 Å². The standard InChI is InChI=1S/C12H9N3O2S/c1-16-9-4-2-8(3-5-9)10-12(6-13,7-14)17-11(15)18-10/h2-5,10,15H,1H3. The number of nitrogens with zero attached hydrogens (tertiary/aromatic N) is 2. The largest absolute Gasteiger partial charge is 0.497 e. The average Bonchev–Trinajstić information content (AvgIpc) is 2.76. The quantitative estimate of drug-likeness (QED) is 0.879. The van der Waals surface area contributed by atoms with Crippen LogP contribution in [0.2, 0.25) is 0 Å². The van der Waals surface area contributed by atoms with Gasteiger partial charge in [0.15, 0.2) is 0 Å². The van der Waals surface area contributed by atoms with Crippen LogP contribution in [0.25, 0.3) is 0 Å². The van der Waals surface area contributed by atoms with Crippen LogP contribution in [0.1, 0.15) is 10.8 Å². The highest BCUT2D eigenvalue weighted by Gasteiger charge is 2.51. The van der Waals surface area contributed by atoms with E-state index < -0.39 is 10.9 Å². The van der Waals surface area contributed by atoms with Gasteiger partial charge in [-0.1, -0.05) is 23.9 Å². The molecule has 1 heterocycles. The third-order valence-corrected chi connectivity index (χ3v) is 3.74. The monoisotopic (exact) mass is 259 g/mol. The lowest BCUT2D eigenvalue weighted by molar-refractivity contribution is 0.187. The molecule has 0 aliphatic carbocycles. The molecule has 0 spiro atoms. The van der Waals surface area contributed by atoms with Gasteiger partial charge < -0.3 is 9.47 Å². The number of nitriles is 2. The molecule has 0 bridgehead atoms. The van der Waals surface area contributed by atoms with Crippen molar-refractivity contribution >= 4 is 17.0 Å². The Kier molecular flexibility index (Phi) is 3.14. The summed E-state index contributed by atoms with van der Waals surface area (Å²) >= 11 is 1.06. The molecule has 1 aliphatic rings. The summed E-state index contributed by atoms with van der Waals surface area (Å²) in [6, 6.07) is 10.7. The molecule has 1 aromatic carbocycles. The van der Waals surface area contributed by atoms with Gasteiger partial charge in [-0.3, -0.25) is 5.41 Å². The van der Waals surface area contributed by atoms with Gasteiger partial charge in [0, 0.05) is 0 Å². The molecule has 1 unspecified atom stereocenters. The van der Waals surface area contributed by atoms with Crippen LogP contribution in [-0.2, 0) is 4.74 Å². The summed E-state index contributed by atoms with van der Waals surface area (Å²) in [7, 11) is 1.56. The molecule has 1 saturated heterocycles. The summed E-state index contributed by atoms with van der Waals surface area (Å²) < 4.78 is 10.1. The second-order valence-electron chi connectivity index (χ2n) is 3.62. The van der Waals surface area contributed by atoms with Crippen LogP contribution in [0, 0.1) is 28.1 Å². The van der Waals surface area contributed by atoms with Crippen molar-refractivity contribution in [2.24, 2.45) is 0 Å². The highest BCUT2D eigenvalue weighted by Crippen LogP contribution is 2.47. The molecule has 6 heteroatoms. The van der Waals surface area contributed by atoms with Gasteiger partial charge in [0.2, 0.25) is 5.23 Å². The fraction of sp³-hybridized carbons (Fsp3) is 0.250. The molecule has 0 amide bonds. The molecule has 1 aromatic rings. The Hall–Kier alpha value is -2.18. The van der Waals surface area contributed by atoms with Crippen molar-refractivity contribution in [3.63, 3.8) is 0 Å². The van der Waals surface area contributed by atoms with E-state index in [1.54, 1.807) is 31.4 Å². The van der Waals surface area contributed by atoms with Crippen molar-refractivity contribution in [3.8, 4) is 17.9 Å². The highest BCUT2D eigenvalue weighted by atomic mass is 32.2. The summed E-state index contributed by atoms with van der Waals surface area (Å²) in [6.45, 7) is 0. The van der Waals surface area contributed by atoms with Gasteiger partial charge in [-0.25, -0.2) is 0 Å². The first-order valence-corrected chi connectivity index (χ1v) is 5.94. The number of rotatable bonds is 2. The zero-order chi connectivity index (χ0) is 13.2. The maximum Gasteiger partial charge on any atom is 0.298 e. The van der Waals surface area contributed by atoms with Gasteiger partial charge >= 0.3 is 0 Å². The summed E-state index contributed by atoms with van der Waals surface area (Å²) in [5, 5.41) is 25.1. The van der Waals surface area contributed by atoms with Crippen molar-refractivity contribution in [1.29, 1.82) is 15.9 Å². The zero-order valence-electron chi connectivity index (χ0n) is 9.51. The number of hydrogen-bond acceptors (Lipinski definition) is 6. The van der Waals surface area contributed by atoms with E-state index in [1.807, 2.05) is 12.1 Å². The Labute approximate surface area is 108 Å². The summed E-state index contributed by atoms with van der Waals surface area (Å²) in [6.07, 6.45) is 0. The maximum atomic E-state index is 9.13. The zero-order valence-corrected chi connectivity index (χ0v) is 10.3. The first-order valence-electron chi connectivity index (χ1n) is 5.06. The van der Waals surface area contributed by atoms with E-state index in [4.69, 9.17) is 25.4 Å². The summed E-state index contributed by atoms with van der Waals surface area (Å²) in [5.41, 5.74) is -0.873. The Morgan fingerprint density at radius 2 is 1.94 bits per heavy atom. The van der Waals surface area contributed by atoms with Gasteiger partial charge in [-0.2, -0.15) is 10.5 Å². The summed E-state index contributed by atoms with van der Waals surface area (Å²) in [5.74, 6) is 0.692. The van der Waals surface area contributed by atoms with E-state index >= 15 is 0 Å². The molecular formula is C12H9N3O2S. The minimum atomic E-state index is -1.63. The minimum absolute atomic E-state index is 0.112. The highest BCUT2D eigenvalue weighted by molar-refractivity contribution is 8.14. The first kappa shape index (κ1) is 12.3. The van der Waals surface area contributed by atoms with E-state index in [0.717, 1.165) is 17.3 Å². The molecule has 1 aliphatic heterocycles. The molecule has 0 aromatic heterocycles. The smallest absolute Gasteiger partial charge is 0.298 e. The molecular weight excluding hydrogens is 250 g/mol. The van der Waals surface area contributed by atoms with E-state index in [1.165, 1.54) is 0 Å². The third kappa shape index (κ3) is 1.87. The molecule has 18 heavy (non-hydrogen) atoms. The Balaban J connectivity index is 2.40. The number of methoxy groups -OCH3 is 1. The molecule has 90 valence electrons. The Morgan fingerprint density at radius 3 is 2.44 bits per heavy atom. The Bertz CT molecular complexity index is 542. The van der Waals surface area contributed by atoms with Crippen LogP contribution < -0.4 is 4.74 Å². The molecule has 1 N–H and O–H groups in total. The molecule has 1 atom stereocenters. The van der Waals surface area contributed by atoms with Crippen molar-refractivity contribution in [2.45, 2.75) is 10.9 Å². The van der Waals surface area contributed by atoms with Crippen molar-refractivity contribution in [1.82, 2.24) is 0 Å². The van der Waals surface area contributed by atoms with Crippen LogP contribution in [0.5, 0.6) is 5.75 Å².